The molecule has 2 aliphatic rings. The van der Waals surface area contributed by atoms with E-state index < -0.39 is 77.4 Å². The summed E-state index contributed by atoms with van der Waals surface area (Å²) in [5, 5.41) is 27.9. The zero-order valence-corrected chi connectivity index (χ0v) is 26.4. The molecule has 0 radical (unpaired) electrons. The Morgan fingerprint density at radius 2 is 1.35 bits per heavy atom. The largest absolute Gasteiger partial charge is 0.391 e. The zero-order valence-electron chi connectivity index (χ0n) is 26.4. The van der Waals surface area contributed by atoms with Crippen LogP contribution in [0.15, 0.2) is 0 Å². The van der Waals surface area contributed by atoms with Gasteiger partial charge in [0.1, 0.15) is 30.2 Å². The molecule has 0 aromatic rings. The number of nitrogens with two attached hydrogens (primary N) is 1. The summed E-state index contributed by atoms with van der Waals surface area (Å²) in [5.41, 5.74) is 4.57. The van der Waals surface area contributed by atoms with Gasteiger partial charge < -0.3 is 41.7 Å². The summed E-state index contributed by atoms with van der Waals surface area (Å²) in [6.07, 6.45) is -0.258. The number of primary amides is 1. The summed E-state index contributed by atoms with van der Waals surface area (Å²) in [5.74, 6) is -3.36. The van der Waals surface area contributed by atoms with Gasteiger partial charge in [-0.15, -0.1) is 0 Å². The first-order valence-corrected chi connectivity index (χ1v) is 15.1. The van der Waals surface area contributed by atoms with Crippen LogP contribution in [0, 0.1) is 11.3 Å². The van der Waals surface area contributed by atoms with Crippen LogP contribution < -0.4 is 21.7 Å². The lowest BCUT2D eigenvalue weighted by molar-refractivity contribution is -0.149. The lowest BCUT2D eigenvalue weighted by Gasteiger charge is -2.34. The Morgan fingerprint density at radius 3 is 1.86 bits per heavy atom. The fourth-order valence-corrected chi connectivity index (χ4v) is 5.88. The van der Waals surface area contributed by atoms with Crippen molar-refractivity contribution < 1.29 is 39.0 Å². The van der Waals surface area contributed by atoms with E-state index >= 15 is 0 Å². The number of likely N-dealkylation sites (tertiary alicyclic amines) is 2. The van der Waals surface area contributed by atoms with E-state index in [0.29, 0.717) is 32.1 Å². The van der Waals surface area contributed by atoms with Crippen molar-refractivity contribution in [2.24, 2.45) is 17.1 Å². The number of hydrogen-bond donors (Lipinski definition) is 6. The fourth-order valence-electron chi connectivity index (χ4n) is 5.88. The molecular weight excluding hydrogens is 560 g/mol. The number of hydrogen-bond acceptors (Lipinski definition) is 8. The fraction of sp³-hybridized carbons (Fsp3) is 0.793. The molecule has 7 atom stereocenters. The predicted octanol–water partition coefficient (Wildman–Crippen LogP) is -1.24. The quantitative estimate of drug-likeness (QED) is 0.148. The molecule has 43 heavy (non-hydrogen) atoms. The maximum Gasteiger partial charge on any atom is 0.248 e. The van der Waals surface area contributed by atoms with Gasteiger partial charge in [-0.05, 0) is 58.8 Å². The van der Waals surface area contributed by atoms with Crippen molar-refractivity contribution >= 4 is 35.4 Å². The molecule has 2 heterocycles. The van der Waals surface area contributed by atoms with Crippen LogP contribution in [0.2, 0.25) is 0 Å². The number of nitrogens with one attached hydrogen (secondary N) is 3. The molecule has 2 rings (SSSR count). The smallest absolute Gasteiger partial charge is 0.248 e. The highest BCUT2D eigenvalue weighted by Crippen LogP contribution is 2.27. The molecule has 0 bridgehead atoms. The summed E-state index contributed by atoms with van der Waals surface area (Å²) in [6.45, 7) is 12.2. The maximum absolute atomic E-state index is 13.7. The third-order valence-corrected chi connectivity index (χ3v) is 8.07. The lowest BCUT2D eigenvalue weighted by atomic mass is 9.83. The van der Waals surface area contributed by atoms with Crippen LogP contribution in [-0.4, -0.2) is 111 Å². The number of aliphatic hydroxyl groups is 2. The van der Waals surface area contributed by atoms with Crippen LogP contribution in [0.1, 0.15) is 80.6 Å². The first kappa shape index (κ1) is 35.9. The normalized spacial score (nSPS) is 22.4. The molecule has 0 aliphatic carbocycles. The Bertz CT molecular complexity index is 1060. The number of amides is 6. The van der Waals surface area contributed by atoms with Gasteiger partial charge in [0.2, 0.25) is 35.4 Å². The van der Waals surface area contributed by atoms with E-state index in [1.54, 1.807) is 13.8 Å². The highest BCUT2D eigenvalue weighted by molar-refractivity contribution is 5.97. The first-order valence-electron chi connectivity index (χ1n) is 15.1. The average Bonchev–Trinajstić information content (AvgIpc) is 3.58. The second kappa shape index (κ2) is 15.0. The van der Waals surface area contributed by atoms with Gasteiger partial charge in [0.25, 0.3) is 0 Å². The summed E-state index contributed by atoms with van der Waals surface area (Å²) in [7, 11) is 0. The minimum absolute atomic E-state index is 0.209. The molecule has 14 nitrogen and oxygen atoms in total. The Morgan fingerprint density at radius 1 is 0.814 bits per heavy atom. The van der Waals surface area contributed by atoms with Crippen molar-refractivity contribution in [3.05, 3.63) is 0 Å². The second-order valence-corrected chi connectivity index (χ2v) is 12.9. The van der Waals surface area contributed by atoms with Gasteiger partial charge in [-0.2, -0.15) is 0 Å². The lowest BCUT2D eigenvalue weighted by Crippen LogP contribution is -2.61. The molecule has 6 amide bonds. The molecule has 2 saturated heterocycles. The summed E-state index contributed by atoms with van der Waals surface area (Å²) < 4.78 is 0. The van der Waals surface area contributed by atoms with Gasteiger partial charge in [-0.3, -0.25) is 28.8 Å². The molecule has 2 aliphatic heterocycles. The monoisotopic (exact) mass is 610 g/mol. The molecule has 0 aromatic heterocycles. The molecular formula is C29H50N6O8. The van der Waals surface area contributed by atoms with Crippen molar-refractivity contribution in [1.82, 2.24) is 25.8 Å². The molecule has 14 heteroatoms. The van der Waals surface area contributed by atoms with Gasteiger partial charge in [-0.1, -0.05) is 27.7 Å². The third kappa shape index (κ3) is 9.12. The highest BCUT2D eigenvalue weighted by Gasteiger charge is 2.45. The van der Waals surface area contributed by atoms with Crippen LogP contribution in [0.3, 0.4) is 0 Å². The average molecular weight is 611 g/mol. The van der Waals surface area contributed by atoms with Crippen molar-refractivity contribution in [3.63, 3.8) is 0 Å². The van der Waals surface area contributed by atoms with E-state index in [1.165, 1.54) is 30.6 Å². The minimum atomic E-state index is -1.37. The molecule has 244 valence electrons. The maximum atomic E-state index is 13.7. The highest BCUT2D eigenvalue weighted by atomic mass is 16.3. The van der Waals surface area contributed by atoms with E-state index in [9.17, 15) is 39.0 Å². The SMILES string of the molecule is CC(C)CC(C)(C)C(=O)N[C@H](C)C(=O)N[C@H](C(=O)N1CCC[C@H]1C(=O)N1CCC[C@H]1C(=O)N[C@H](C(N)=O)[C@@H](C)O)[C@@H](C)O. The van der Waals surface area contributed by atoms with Gasteiger partial charge in [-0.25, -0.2) is 0 Å². The number of aliphatic hydroxyl groups excluding tert-OH is 2. The van der Waals surface area contributed by atoms with Crippen molar-refractivity contribution in [2.45, 2.75) is 123 Å². The van der Waals surface area contributed by atoms with Gasteiger partial charge in [0.15, 0.2) is 0 Å². The molecule has 2 fully saturated rings. The second-order valence-electron chi connectivity index (χ2n) is 12.9. The summed E-state index contributed by atoms with van der Waals surface area (Å²) in [4.78, 5) is 80.4. The number of carbonyl (C=O) groups excluding carboxylic acids is 6. The van der Waals surface area contributed by atoms with E-state index in [-0.39, 0.29) is 24.9 Å². The van der Waals surface area contributed by atoms with Crippen LogP contribution in [0.4, 0.5) is 0 Å². The number of carbonyl (C=O) groups is 6. The van der Waals surface area contributed by atoms with E-state index in [2.05, 4.69) is 16.0 Å². The van der Waals surface area contributed by atoms with E-state index in [0.717, 1.165) is 0 Å². The van der Waals surface area contributed by atoms with E-state index in [1.807, 2.05) is 13.8 Å². The van der Waals surface area contributed by atoms with Crippen LogP contribution in [0.25, 0.3) is 0 Å². The van der Waals surface area contributed by atoms with E-state index in [4.69, 9.17) is 5.73 Å². The van der Waals surface area contributed by atoms with Gasteiger partial charge in [0.05, 0.1) is 12.2 Å². The zero-order chi connectivity index (χ0) is 32.8. The minimum Gasteiger partial charge on any atom is -0.391 e. The van der Waals surface area contributed by atoms with Crippen molar-refractivity contribution in [1.29, 1.82) is 0 Å². The molecule has 0 unspecified atom stereocenters. The topological polar surface area (TPSA) is 211 Å². The standard InChI is InChI=1S/C29H50N6O8/c1-15(2)14-29(6,7)28(43)31-16(3)24(39)33-22(18(5)37)27(42)35-13-9-11-20(35)26(41)34-12-8-10-19(34)25(40)32-21(17(4)36)23(30)38/h15-22,36-37H,8-14H2,1-7H3,(H2,30,38)(H,31,43)(H,32,40)(H,33,39)/t16-,17-,18-,19+,20+,21+,22+/m1/s1. The number of nitrogens with zero attached hydrogens (tertiary/aromatic N) is 2. The van der Waals surface area contributed by atoms with Crippen molar-refractivity contribution in [3.8, 4) is 0 Å². The Hall–Kier alpha value is -3.26. The number of rotatable bonds is 13. The van der Waals surface area contributed by atoms with Gasteiger partial charge in [0, 0.05) is 18.5 Å². The predicted molar refractivity (Wildman–Crippen MR) is 157 cm³/mol. The summed E-state index contributed by atoms with van der Waals surface area (Å²) >= 11 is 0. The van der Waals surface area contributed by atoms with Crippen LogP contribution in [0.5, 0.6) is 0 Å². The molecule has 0 saturated carbocycles. The Labute approximate surface area is 253 Å². The Kier molecular flexibility index (Phi) is 12.5. The van der Waals surface area contributed by atoms with Crippen molar-refractivity contribution in [2.75, 3.05) is 13.1 Å². The molecule has 0 aromatic carbocycles. The van der Waals surface area contributed by atoms with Gasteiger partial charge >= 0.3 is 0 Å². The first-order chi connectivity index (χ1) is 19.9. The third-order valence-electron chi connectivity index (χ3n) is 8.07. The van der Waals surface area contributed by atoms with Crippen LogP contribution >= 0.6 is 0 Å². The van der Waals surface area contributed by atoms with Crippen LogP contribution in [-0.2, 0) is 28.8 Å². The Balaban J connectivity index is 2.13. The molecule has 0 spiro atoms. The summed E-state index contributed by atoms with van der Waals surface area (Å²) in [6, 6.07) is -5.51. The molecule has 7 N–H and O–H groups in total.